The molecule has 0 saturated carbocycles. The summed E-state index contributed by atoms with van der Waals surface area (Å²) in [6.07, 6.45) is 2.59. The van der Waals surface area contributed by atoms with Crippen LogP contribution >= 0.6 is 0 Å². The Labute approximate surface area is 120 Å². The van der Waals surface area contributed by atoms with Crippen molar-refractivity contribution < 1.29 is 9.47 Å². The number of nitrogens with one attached hydrogen (secondary N) is 1. The van der Waals surface area contributed by atoms with Gasteiger partial charge in [-0.25, -0.2) is 9.97 Å². The Morgan fingerprint density at radius 3 is 2.67 bits per heavy atom. The maximum Gasteiger partial charge on any atom is 0.163 e. The largest absolute Gasteiger partial charge is 0.489 e. The zero-order valence-electron chi connectivity index (χ0n) is 11.3. The van der Waals surface area contributed by atoms with Crippen molar-refractivity contribution in [3.05, 3.63) is 30.5 Å². The molecular formula is C15H14N4O2. The van der Waals surface area contributed by atoms with Gasteiger partial charge in [-0.05, 0) is 12.1 Å². The molecule has 0 aliphatic carbocycles. The van der Waals surface area contributed by atoms with E-state index >= 15 is 0 Å². The molecule has 3 heterocycles. The highest BCUT2D eigenvalue weighted by Gasteiger charge is 2.14. The van der Waals surface area contributed by atoms with E-state index in [2.05, 4.69) is 15.0 Å². The van der Waals surface area contributed by atoms with Crippen molar-refractivity contribution in [3.63, 3.8) is 0 Å². The number of nitrogens with two attached hydrogens (primary N) is 1. The summed E-state index contributed by atoms with van der Waals surface area (Å²) in [5.74, 6) is 2.74. The third-order valence-electron chi connectivity index (χ3n) is 3.41. The molecule has 0 atom stereocenters. The van der Waals surface area contributed by atoms with Crippen molar-refractivity contribution in [1.82, 2.24) is 15.0 Å². The van der Waals surface area contributed by atoms with Crippen LogP contribution in [0.1, 0.15) is 6.42 Å². The summed E-state index contributed by atoms with van der Waals surface area (Å²) < 4.78 is 11.4. The number of aromatic amines is 1. The lowest BCUT2D eigenvalue weighted by Crippen LogP contribution is -1.97. The van der Waals surface area contributed by atoms with Crippen molar-refractivity contribution >= 4 is 16.9 Å². The minimum atomic E-state index is 0.489. The van der Waals surface area contributed by atoms with Crippen molar-refractivity contribution in [2.24, 2.45) is 0 Å². The monoisotopic (exact) mass is 282 g/mol. The van der Waals surface area contributed by atoms with Gasteiger partial charge in [0.2, 0.25) is 0 Å². The number of hydrogen-bond donors (Lipinski definition) is 2. The second-order valence-electron chi connectivity index (χ2n) is 4.92. The van der Waals surface area contributed by atoms with Crippen LogP contribution in [0.2, 0.25) is 0 Å². The summed E-state index contributed by atoms with van der Waals surface area (Å²) >= 11 is 0. The van der Waals surface area contributed by atoms with E-state index in [0.717, 1.165) is 40.3 Å². The van der Waals surface area contributed by atoms with Gasteiger partial charge in [0, 0.05) is 30.3 Å². The predicted molar refractivity (Wildman–Crippen MR) is 79.3 cm³/mol. The van der Waals surface area contributed by atoms with Crippen LogP contribution in [0, 0.1) is 0 Å². The van der Waals surface area contributed by atoms with Crippen LogP contribution in [0.15, 0.2) is 30.5 Å². The summed E-state index contributed by atoms with van der Waals surface area (Å²) in [5, 5.41) is 0. The minimum absolute atomic E-state index is 0.489. The molecule has 0 radical (unpaired) electrons. The number of ether oxygens (including phenoxy) is 2. The van der Waals surface area contributed by atoms with Gasteiger partial charge in [0.1, 0.15) is 11.6 Å². The molecule has 6 heteroatoms. The molecule has 21 heavy (non-hydrogen) atoms. The summed E-state index contributed by atoms with van der Waals surface area (Å²) in [4.78, 5) is 11.9. The maximum atomic E-state index is 5.69. The molecule has 0 bridgehead atoms. The molecule has 3 N–H and O–H groups in total. The van der Waals surface area contributed by atoms with Crippen LogP contribution in [-0.4, -0.2) is 28.2 Å². The van der Waals surface area contributed by atoms with Gasteiger partial charge in [0.15, 0.2) is 11.5 Å². The van der Waals surface area contributed by atoms with E-state index in [1.807, 2.05) is 18.2 Å². The van der Waals surface area contributed by atoms with E-state index in [1.165, 1.54) is 0 Å². The Bertz CT molecular complexity index is 752. The third kappa shape index (κ3) is 2.14. The molecule has 3 aromatic rings. The molecular weight excluding hydrogens is 268 g/mol. The van der Waals surface area contributed by atoms with Crippen molar-refractivity contribution in [3.8, 4) is 22.9 Å². The average molecular weight is 282 g/mol. The van der Waals surface area contributed by atoms with Gasteiger partial charge in [-0.3, -0.25) is 0 Å². The molecule has 2 aromatic heterocycles. The van der Waals surface area contributed by atoms with E-state index in [4.69, 9.17) is 15.2 Å². The lowest BCUT2D eigenvalue weighted by molar-refractivity contribution is 0.297. The first kappa shape index (κ1) is 12.0. The Balaban J connectivity index is 1.81. The number of H-pyrrole nitrogens is 1. The first-order valence-corrected chi connectivity index (χ1v) is 6.81. The van der Waals surface area contributed by atoms with Gasteiger partial charge in [-0.15, -0.1) is 0 Å². The molecule has 6 nitrogen and oxygen atoms in total. The molecule has 106 valence electrons. The quantitative estimate of drug-likeness (QED) is 0.715. The highest BCUT2D eigenvalue weighted by Crippen LogP contribution is 2.34. The number of pyridine rings is 1. The van der Waals surface area contributed by atoms with E-state index in [0.29, 0.717) is 19.0 Å². The number of fused-ring (bicyclic) bond motifs is 2. The number of nitrogen functional groups attached to an aromatic ring is 1. The fourth-order valence-electron chi connectivity index (χ4n) is 2.35. The first-order valence-electron chi connectivity index (χ1n) is 6.81. The predicted octanol–water partition coefficient (Wildman–Crippen LogP) is 2.37. The molecule has 0 unspecified atom stereocenters. The highest BCUT2D eigenvalue weighted by atomic mass is 16.5. The molecule has 1 aromatic carbocycles. The van der Waals surface area contributed by atoms with Crippen LogP contribution in [0.3, 0.4) is 0 Å². The Morgan fingerprint density at radius 2 is 1.90 bits per heavy atom. The summed E-state index contributed by atoms with van der Waals surface area (Å²) in [6, 6.07) is 7.47. The molecule has 0 spiro atoms. The fraction of sp³-hybridized carbons (Fsp3) is 0.200. The van der Waals surface area contributed by atoms with Crippen LogP contribution in [0.4, 0.5) is 5.82 Å². The third-order valence-corrected chi connectivity index (χ3v) is 3.41. The second kappa shape index (κ2) is 4.66. The van der Waals surface area contributed by atoms with Gasteiger partial charge in [-0.1, -0.05) is 0 Å². The van der Waals surface area contributed by atoms with Crippen LogP contribution in [0.5, 0.6) is 11.5 Å². The van der Waals surface area contributed by atoms with E-state index in [9.17, 15) is 0 Å². The summed E-state index contributed by atoms with van der Waals surface area (Å²) in [5.41, 5.74) is 8.24. The number of aromatic nitrogens is 3. The van der Waals surface area contributed by atoms with Gasteiger partial charge in [0.05, 0.1) is 24.2 Å². The van der Waals surface area contributed by atoms with E-state index in [-0.39, 0.29) is 0 Å². The molecule has 0 amide bonds. The maximum absolute atomic E-state index is 5.69. The van der Waals surface area contributed by atoms with Gasteiger partial charge in [-0.2, -0.15) is 0 Å². The number of hydrogen-bond acceptors (Lipinski definition) is 5. The Kier molecular flexibility index (Phi) is 2.67. The lowest BCUT2D eigenvalue weighted by Gasteiger charge is -2.05. The minimum Gasteiger partial charge on any atom is -0.489 e. The van der Waals surface area contributed by atoms with Gasteiger partial charge >= 0.3 is 0 Å². The smallest absolute Gasteiger partial charge is 0.163 e. The molecule has 1 aliphatic heterocycles. The van der Waals surface area contributed by atoms with Crippen LogP contribution in [-0.2, 0) is 0 Å². The first-order chi connectivity index (χ1) is 10.3. The van der Waals surface area contributed by atoms with Crippen molar-refractivity contribution in [1.29, 1.82) is 0 Å². The number of benzene rings is 1. The zero-order chi connectivity index (χ0) is 14.2. The molecule has 0 fully saturated rings. The topological polar surface area (TPSA) is 86.0 Å². The Morgan fingerprint density at radius 1 is 1.10 bits per heavy atom. The standard InChI is InChI=1S/C15H14N4O2/c16-14-3-2-9(8-17-14)15-18-10-6-12-13(7-11(10)19-15)21-5-1-4-20-12/h2-3,6-8H,1,4-5H2,(H2,16,17)(H,18,19). The molecule has 4 rings (SSSR count). The second-order valence-corrected chi connectivity index (χ2v) is 4.92. The zero-order valence-corrected chi connectivity index (χ0v) is 11.3. The van der Waals surface area contributed by atoms with Crippen molar-refractivity contribution in [2.45, 2.75) is 6.42 Å². The average Bonchev–Trinajstić information content (AvgIpc) is 2.76. The molecule has 0 saturated heterocycles. The van der Waals surface area contributed by atoms with E-state index < -0.39 is 0 Å². The highest BCUT2D eigenvalue weighted by molar-refractivity contribution is 5.83. The van der Waals surface area contributed by atoms with Gasteiger partial charge < -0.3 is 20.2 Å². The normalized spacial score (nSPS) is 14.1. The van der Waals surface area contributed by atoms with Crippen molar-refractivity contribution in [2.75, 3.05) is 18.9 Å². The fourth-order valence-corrected chi connectivity index (χ4v) is 2.35. The van der Waals surface area contributed by atoms with Crippen LogP contribution in [0.25, 0.3) is 22.4 Å². The number of anilines is 1. The van der Waals surface area contributed by atoms with Crippen LogP contribution < -0.4 is 15.2 Å². The number of nitrogens with zero attached hydrogens (tertiary/aromatic N) is 2. The number of imidazole rings is 1. The summed E-state index contributed by atoms with van der Waals surface area (Å²) in [7, 11) is 0. The SMILES string of the molecule is Nc1ccc(-c2nc3cc4c(cc3[nH]2)OCCCO4)cn1. The number of rotatable bonds is 1. The molecule has 1 aliphatic rings. The summed E-state index contributed by atoms with van der Waals surface area (Å²) in [6.45, 7) is 1.33. The Hall–Kier alpha value is -2.76. The van der Waals surface area contributed by atoms with E-state index in [1.54, 1.807) is 12.3 Å². The lowest BCUT2D eigenvalue weighted by atomic mass is 10.3. The van der Waals surface area contributed by atoms with Gasteiger partial charge in [0.25, 0.3) is 0 Å².